The third-order valence-electron chi connectivity index (χ3n) is 1.57. The quantitative estimate of drug-likeness (QED) is 0.395. The molecule has 0 heterocycles. The van der Waals surface area contributed by atoms with Crippen molar-refractivity contribution in [3.05, 3.63) is 0 Å². The van der Waals surface area contributed by atoms with Gasteiger partial charge in [0, 0.05) is 0 Å². The van der Waals surface area contributed by atoms with Crippen LogP contribution in [0.5, 0.6) is 0 Å². The first-order valence-electron chi connectivity index (χ1n) is 3.72. The van der Waals surface area contributed by atoms with E-state index in [0.29, 0.717) is 0 Å². The van der Waals surface area contributed by atoms with Gasteiger partial charge in [-0.2, -0.15) is 0 Å². The largest absolute Gasteiger partial charge is 1.00 e. The molecule has 62 valence electrons. The first kappa shape index (κ1) is 17.6. The molecule has 0 aromatic carbocycles. The van der Waals surface area contributed by atoms with Gasteiger partial charge in [-0.3, -0.25) is 6.29 Å². The maximum absolute atomic E-state index is 10.1. The van der Waals surface area contributed by atoms with Crippen molar-refractivity contribution in [3.63, 3.8) is 0 Å². The van der Waals surface area contributed by atoms with Gasteiger partial charge in [-0.1, -0.05) is 39.5 Å². The molecule has 0 fully saturated rings. The van der Waals surface area contributed by atoms with Crippen LogP contribution in [0, 0.1) is 5.92 Å². The summed E-state index contributed by atoms with van der Waals surface area (Å²) >= 11 is 0. The van der Waals surface area contributed by atoms with Crippen LogP contribution in [0.1, 0.15) is 39.5 Å². The molecule has 0 saturated heterocycles. The van der Waals surface area contributed by atoms with Crippen LogP contribution in [0.4, 0.5) is 0 Å². The molecule has 0 bridgehead atoms. The number of hydrogen-bond acceptors (Lipinski definition) is 2. The Bertz CT molecular complexity index is 76.5. The minimum atomic E-state index is 0. The number of unbranched alkanes of at least 4 members (excludes halogenated alkanes) is 1. The molecular weight excluding hydrogens is 151 g/mol. The average molecular weight is 167 g/mol. The Morgan fingerprint density at radius 2 is 1.91 bits per heavy atom. The van der Waals surface area contributed by atoms with Crippen molar-refractivity contribution in [2.75, 3.05) is 0 Å². The summed E-state index contributed by atoms with van der Waals surface area (Å²) < 4.78 is 0. The Morgan fingerprint density at radius 3 is 2.18 bits per heavy atom. The fraction of sp³-hybridized carbons (Fsp3) is 0.875. The van der Waals surface area contributed by atoms with E-state index in [1.54, 1.807) is 0 Å². The smallest absolute Gasteiger partial charge is 0.870 e. The van der Waals surface area contributed by atoms with Crippen LogP contribution in [-0.2, 0) is 4.79 Å². The van der Waals surface area contributed by atoms with Gasteiger partial charge in [0.2, 0.25) is 0 Å². The molecule has 0 amide bonds. The molecule has 0 saturated carbocycles. The summed E-state index contributed by atoms with van der Waals surface area (Å²) in [6.07, 6.45) is 6.35. The summed E-state index contributed by atoms with van der Waals surface area (Å²) in [5.41, 5.74) is 0. The zero-order valence-corrected chi connectivity index (χ0v) is 9.76. The molecule has 0 aliphatic carbocycles. The molecule has 0 aromatic rings. The Balaban J connectivity index is -0.000000320. The second kappa shape index (κ2) is 13.2. The van der Waals surface area contributed by atoms with Crippen LogP contribution >= 0.6 is 0 Å². The van der Waals surface area contributed by atoms with Gasteiger partial charge in [0.15, 0.2) is 0 Å². The summed E-state index contributed by atoms with van der Waals surface area (Å²) in [5, 5.41) is 0. The van der Waals surface area contributed by atoms with Crippen LogP contribution in [-0.4, -0.2) is 11.8 Å². The van der Waals surface area contributed by atoms with E-state index in [1.165, 1.54) is 6.42 Å². The second-order valence-corrected chi connectivity index (χ2v) is 2.37. The summed E-state index contributed by atoms with van der Waals surface area (Å²) in [5.74, 6) is 0.199. The molecule has 0 aliphatic heterocycles. The van der Waals surface area contributed by atoms with Crippen molar-refractivity contribution >= 4 is 6.29 Å². The third kappa shape index (κ3) is 10.6. The Kier molecular flexibility index (Phi) is 21.2. The van der Waals surface area contributed by atoms with Crippen LogP contribution in [0.3, 0.4) is 0 Å². The molecule has 0 radical (unpaired) electrons. The Hall–Kier alpha value is 0.630. The first-order valence-corrected chi connectivity index (χ1v) is 3.72. The van der Waals surface area contributed by atoms with Gasteiger partial charge in [-0.15, -0.1) is 5.92 Å². The summed E-state index contributed by atoms with van der Waals surface area (Å²) in [6, 6.07) is 0. The molecule has 3 heteroatoms. The zero-order valence-electron chi connectivity index (χ0n) is 7.76. The Labute approximate surface area is 91.3 Å². The van der Waals surface area contributed by atoms with E-state index in [-0.39, 0.29) is 41.0 Å². The van der Waals surface area contributed by atoms with Gasteiger partial charge in [-0.25, -0.2) is 0 Å². The normalized spacial score (nSPS) is 10.7. The maximum atomic E-state index is 10.1. The van der Waals surface area contributed by atoms with E-state index >= 15 is 0 Å². The van der Waals surface area contributed by atoms with Crippen molar-refractivity contribution in [1.29, 1.82) is 0 Å². The molecule has 0 aromatic heterocycles. The van der Waals surface area contributed by atoms with Gasteiger partial charge in [0.1, 0.15) is 0 Å². The molecule has 0 aliphatic rings. The number of carbonyl (C=O) groups excluding carboxylic acids is 1. The van der Waals surface area contributed by atoms with Crippen molar-refractivity contribution in [3.8, 4) is 0 Å². The standard InChI is InChI=1S/C8H15O.Na.H2O/c1-3-5-6-8(4-2)7-9;;/h8H,3-6H2,1-2H3;;1H2/q-1;+1;/p-1. The fourth-order valence-corrected chi connectivity index (χ4v) is 0.797. The van der Waals surface area contributed by atoms with E-state index in [9.17, 15) is 4.79 Å². The van der Waals surface area contributed by atoms with E-state index in [2.05, 4.69) is 6.92 Å². The fourth-order valence-electron chi connectivity index (χ4n) is 0.797. The first-order chi connectivity index (χ1) is 4.35. The van der Waals surface area contributed by atoms with Crippen molar-refractivity contribution in [2.45, 2.75) is 39.5 Å². The van der Waals surface area contributed by atoms with Crippen molar-refractivity contribution < 1.29 is 39.8 Å². The van der Waals surface area contributed by atoms with Crippen LogP contribution in [0.25, 0.3) is 0 Å². The minimum Gasteiger partial charge on any atom is -0.870 e. The summed E-state index contributed by atoms with van der Waals surface area (Å²) in [6.45, 7) is 4.17. The van der Waals surface area contributed by atoms with Crippen LogP contribution < -0.4 is 29.6 Å². The predicted octanol–water partition coefficient (Wildman–Crippen LogP) is -0.860. The molecule has 1 atom stereocenters. The van der Waals surface area contributed by atoms with E-state index in [1.807, 2.05) is 13.2 Å². The molecule has 0 rings (SSSR count). The van der Waals surface area contributed by atoms with Crippen LogP contribution in [0.15, 0.2) is 0 Å². The van der Waals surface area contributed by atoms with E-state index in [0.717, 1.165) is 19.3 Å². The molecule has 1 N–H and O–H groups in total. The monoisotopic (exact) mass is 167 g/mol. The maximum Gasteiger partial charge on any atom is 1.00 e. The third-order valence-corrected chi connectivity index (χ3v) is 1.57. The van der Waals surface area contributed by atoms with Crippen molar-refractivity contribution in [1.82, 2.24) is 0 Å². The average Bonchev–Trinajstić information content (AvgIpc) is 1.91. The second-order valence-electron chi connectivity index (χ2n) is 2.37. The topological polar surface area (TPSA) is 47.1 Å². The van der Waals surface area contributed by atoms with Gasteiger partial charge < -0.3 is 10.3 Å². The minimum absolute atomic E-state index is 0. The van der Waals surface area contributed by atoms with Crippen LogP contribution in [0.2, 0.25) is 0 Å². The van der Waals surface area contributed by atoms with Gasteiger partial charge in [0.25, 0.3) is 0 Å². The number of hydrogen-bond donors (Lipinski definition) is 0. The summed E-state index contributed by atoms with van der Waals surface area (Å²) in [4.78, 5) is 10.1. The molecular formula is C8H16NaO2-. The SMILES string of the molecule is CCCCC([C-]=O)CC.[Na+].[OH-]. The zero-order chi connectivity index (χ0) is 7.11. The van der Waals surface area contributed by atoms with Gasteiger partial charge in [-0.05, 0) is 0 Å². The summed E-state index contributed by atoms with van der Waals surface area (Å²) in [7, 11) is 0. The molecule has 11 heavy (non-hydrogen) atoms. The Morgan fingerprint density at radius 1 is 1.36 bits per heavy atom. The molecule has 1 unspecified atom stereocenters. The van der Waals surface area contributed by atoms with E-state index in [4.69, 9.17) is 0 Å². The van der Waals surface area contributed by atoms with Gasteiger partial charge >= 0.3 is 29.6 Å². The van der Waals surface area contributed by atoms with Crippen molar-refractivity contribution in [2.24, 2.45) is 5.92 Å². The molecule has 0 spiro atoms. The number of rotatable bonds is 5. The van der Waals surface area contributed by atoms with E-state index < -0.39 is 0 Å². The predicted molar refractivity (Wildman–Crippen MR) is 40.9 cm³/mol. The van der Waals surface area contributed by atoms with Gasteiger partial charge in [0.05, 0.1) is 0 Å². The molecule has 2 nitrogen and oxygen atoms in total.